The first-order valence-corrected chi connectivity index (χ1v) is 9.30. The highest BCUT2D eigenvalue weighted by Crippen LogP contribution is 2.26. The number of carbonyl (C=O) groups excluding carboxylic acids is 1. The molecule has 0 radical (unpaired) electrons. The zero-order valence-corrected chi connectivity index (χ0v) is 16.2. The number of halogens is 1. The Labute approximate surface area is 169 Å². The van der Waals surface area contributed by atoms with Crippen LogP contribution in [0.15, 0.2) is 86.8 Å². The Morgan fingerprint density at radius 2 is 1.79 bits per heavy atom. The van der Waals surface area contributed by atoms with Crippen LogP contribution in [-0.2, 0) is 0 Å². The number of amides is 1. The van der Waals surface area contributed by atoms with Crippen LogP contribution in [-0.4, -0.2) is 17.2 Å². The summed E-state index contributed by atoms with van der Waals surface area (Å²) in [6, 6.07) is 22.0. The molecule has 0 aliphatic carbocycles. The molecule has 2 N–H and O–H groups in total. The minimum atomic E-state index is -0.502. The van der Waals surface area contributed by atoms with Crippen LogP contribution in [0.2, 0.25) is 0 Å². The van der Waals surface area contributed by atoms with Gasteiger partial charge in [-0.05, 0) is 47.2 Å². The lowest BCUT2D eigenvalue weighted by Crippen LogP contribution is -2.17. The number of carbonyl (C=O) groups is 1. The summed E-state index contributed by atoms with van der Waals surface area (Å²) in [5.74, 6) is 0.596. The average Bonchev–Trinajstić information content (AvgIpc) is 3.16. The summed E-state index contributed by atoms with van der Waals surface area (Å²) in [5.41, 5.74) is 3.50. The van der Waals surface area contributed by atoms with Gasteiger partial charge in [0.2, 0.25) is 0 Å². The minimum Gasteiger partial charge on any atom is -0.507 e. The van der Waals surface area contributed by atoms with Crippen molar-refractivity contribution in [2.75, 3.05) is 0 Å². The number of hydrazone groups is 1. The van der Waals surface area contributed by atoms with E-state index < -0.39 is 5.91 Å². The molecule has 0 saturated carbocycles. The maximum Gasteiger partial charge on any atom is 0.275 e. The van der Waals surface area contributed by atoms with Crippen molar-refractivity contribution in [3.05, 3.63) is 88.6 Å². The Morgan fingerprint density at radius 1 is 1.00 bits per heavy atom. The molecule has 0 saturated heterocycles. The van der Waals surface area contributed by atoms with Gasteiger partial charge < -0.3 is 9.52 Å². The molecule has 1 amide bonds. The van der Waals surface area contributed by atoms with Gasteiger partial charge in [0.25, 0.3) is 5.91 Å². The predicted molar refractivity (Wildman–Crippen MR) is 113 cm³/mol. The highest BCUT2D eigenvalue weighted by molar-refractivity contribution is 9.10. The van der Waals surface area contributed by atoms with Crippen molar-refractivity contribution in [3.63, 3.8) is 0 Å². The number of benzene rings is 3. The van der Waals surface area contributed by atoms with Gasteiger partial charge in [0, 0.05) is 10.0 Å². The molecule has 0 atom stereocenters. The first-order chi connectivity index (χ1) is 13.6. The fourth-order valence-electron chi connectivity index (χ4n) is 2.84. The molecular weight excluding hydrogens is 420 g/mol. The number of fused-ring (bicyclic) bond motifs is 1. The summed E-state index contributed by atoms with van der Waals surface area (Å²) >= 11 is 3.43. The smallest absolute Gasteiger partial charge is 0.275 e. The lowest BCUT2D eigenvalue weighted by atomic mass is 10.1. The van der Waals surface area contributed by atoms with E-state index in [2.05, 4.69) is 26.5 Å². The van der Waals surface area contributed by atoms with Crippen molar-refractivity contribution in [3.8, 4) is 17.1 Å². The fourth-order valence-corrected chi connectivity index (χ4v) is 3.24. The van der Waals surface area contributed by atoms with Crippen molar-refractivity contribution in [1.29, 1.82) is 0 Å². The first kappa shape index (κ1) is 18.0. The van der Waals surface area contributed by atoms with E-state index in [1.54, 1.807) is 18.2 Å². The summed E-state index contributed by atoms with van der Waals surface area (Å²) in [4.78, 5) is 12.3. The molecule has 0 unspecified atom stereocenters. The number of nitrogens with zero attached hydrogens (tertiary/aromatic N) is 1. The Morgan fingerprint density at radius 3 is 2.57 bits per heavy atom. The summed E-state index contributed by atoms with van der Waals surface area (Å²) in [7, 11) is 0. The second-order valence-electron chi connectivity index (χ2n) is 6.13. The Hall–Kier alpha value is -3.38. The number of hydrogen-bond donors (Lipinski definition) is 2. The molecule has 5 nitrogen and oxygen atoms in total. The topological polar surface area (TPSA) is 74.8 Å². The van der Waals surface area contributed by atoms with Gasteiger partial charge in [-0.25, -0.2) is 5.43 Å². The number of rotatable bonds is 4. The predicted octanol–water partition coefficient (Wildman–Crippen LogP) is 5.33. The molecule has 4 aromatic rings. The summed E-state index contributed by atoms with van der Waals surface area (Å²) in [6.45, 7) is 0. The Kier molecular flexibility index (Phi) is 4.95. The van der Waals surface area contributed by atoms with Gasteiger partial charge >= 0.3 is 0 Å². The molecule has 138 valence electrons. The van der Waals surface area contributed by atoms with E-state index >= 15 is 0 Å². The summed E-state index contributed by atoms with van der Waals surface area (Å²) in [5, 5.41) is 15.8. The summed E-state index contributed by atoms with van der Waals surface area (Å²) < 4.78 is 6.68. The van der Waals surface area contributed by atoms with E-state index in [0.717, 1.165) is 20.8 Å². The summed E-state index contributed by atoms with van der Waals surface area (Å²) in [6.07, 6.45) is 1.41. The number of aromatic hydroxyl groups is 1. The molecule has 0 aliphatic heterocycles. The van der Waals surface area contributed by atoms with E-state index in [4.69, 9.17) is 4.42 Å². The van der Waals surface area contributed by atoms with Crippen molar-refractivity contribution in [2.24, 2.45) is 5.10 Å². The molecule has 1 heterocycles. The number of phenolic OH excluding ortho intramolecular Hbond substituents is 1. The van der Waals surface area contributed by atoms with Crippen molar-refractivity contribution in [1.82, 2.24) is 5.43 Å². The van der Waals surface area contributed by atoms with Crippen LogP contribution < -0.4 is 5.43 Å². The molecule has 28 heavy (non-hydrogen) atoms. The molecule has 6 heteroatoms. The van der Waals surface area contributed by atoms with E-state index in [1.165, 1.54) is 6.21 Å². The largest absolute Gasteiger partial charge is 0.507 e. The van der Waals surface area contributed by atoms with E-state index in [0.29, 0.717) is 11.5 Å². The monoisotopic (exact) mass is 434 g/mol. The minimum absolute atomic E-state index is 0.0960. The van der Waals surface area contributed by atoms with Crippen LogP contribution in [0.4, 0.5) is 0 Å². The van der Waals surface area contributed by atoms with Gasteiger partial charge in [0.05, 0.1) is 11.8 Å². The second-order valence-corrected chi connectivity index (χ2v) is 7.04. The molecule has 0 spiro atoms. The first-order valence-electron chi connectivity index (χ1n) is 8.51. The highest BCUT2D eigenvalue weighted by Gasteiger charge is 2.12. The van der Waals surface area contributed by atoms with Gasteiger partial charge in [-0.3, -0.25) is 4.79 Å². The molecular formula is C22H15BrN2O3. The maximum atomic E-state index is 12.3. The van der Waals surface area contributed by atoms with Crippen LogP contribution in [0, 0.1) is 0 Å². The highest BCUT2D eigenvalue weighted by atomic mass is 79.9. The number of furan rings is 1. The molecule has 3 aromatic carbocycles. The zero-order valence-electron chi connectivity index (χ0n) is 14.6. The van der Waals surface area contributed by atoms with Gasteiger partial charge in [0.1, 0.15) is 17.3 Å². The van der Waals surface area contributed by atoms with Crippen LogP contribution in [0.3, 0.4) is 0 Å². The normalized spacial score (nSPS) is 11.2. The van der Waals surface area contributed by atoms with Gasteiger partial charge in [-0.1, -0.05) is 52.3 Å². The standard InChI is InChI=1S/C22H15BrN2O3/c23-17-7-3-6-16(10-17)21-9-8-18(28-21)13-24-25-22(27)19-11-14-4-1-2-5-15(14)12-20(19)26/h1-13,26H,(H,25,27). The van der Waals surface area contributed by atoms with Crippen LogP contribution in [0.25, 0.3) is 22.1 Å². The van der Waals surface area contributed by atoms with E-state index in [1.807, 2.05) is 54.6 Å². The molecule has 1 aromatic heterocycles. The molecule has 0 fully saturated rings. The fraction of sp³-hybridized carbons (Fsp3) is 0. The molecule has 0 bridgehead atoms. The Balaban J connectivity index is 1.48. The number of hydrogen-bond acceptors (Lipinski definition) is 4. The zero-order chi connectivity index (χ0) is 19.5. The Bertz CT molecular complexity index is 1200. The maximum absolute atomic E-state index is 12.3. The third kappa shape index (κ3) is 3.82. The van der Waals surface area contributed by atoms with Crippen molar-refractivity contribution < 1.29 is 14.3 Å². The van der Waals surface area contributed by atoms with Crippen LogP contribution in [0.5, 0.6) is 5.75 Å². The lowest BCUT2D eigenvalue weighted by molar-refractivity contribution is 0.0952. The third-order valence-corrected chi connectivity index (χ3v) is 4.70. The molecule has 4 rings (SSSR count). The third-order valence-electron chi connectivity index (χ3n) is 4.20. The van der Waals surface area contributed by atoms with E-state index in [-0.39, 0.29) is 11.3 Å². The number of nitrogens with one attached hydrogen (secondary N) is 1. The van der Waals surface area contributed by atoms with Gasteiger partial charge in [-0.2, -0.15) is 5.10 Å². The van der Waals surface area contributed by atoms with Gasteiger partial charge in [0.15, 0.2) is 0 Å². The van der Waals surface area contributed by atoms with Crippen molar-refractivity contribution in [2.45, 2.75) is 0 Å². The van der Waals surface area contributed by atoms with Crippen LogP contribution in [0.1, 0.15) is 16.1 Å². The number of phenols is 1. The molecule has 0 aliphatic rings. The lowest BCUT2D eigenvalue weighted by Gasteiger charge is -2.05. The quantitative estimate of drug-likeness (QED) is 0.336. The van der Waals surface area contributed by atoms with Gasteiger partial charge in [-0.15, -0.1) is 0 Å². The van der Waals surface area contributed by atoms with Crippen molar-refractivity contribution >= 4 is 38.8 Å². The van der Waals surface area contributed by atoms with E-state index in [9.17, 15) is 9.90 Å². The second kappa shape index (κ2) is 7.70. The SMILES string of the molecule is O=C(NN=Cc1ccc(-c2cccc(Br)c2)o1)c1cc2ccccc2cc1O. The van der Waals surface area contributed by atoms with Crippen LogP contribution >= 0.6 is 15.9 Å². The average molecular weight is 435 g/mol.